The predicted molar refractivity (Wildman–Crippen MR) is 93.4 cm³/mol. The Balaban J connectivity index is 1.59. The fourth-order valence-corrected chi connectivity index (χ4v) is 2.24. The zero-order chi connectivity index (χ0) is 16.6. The molecule has 120 valence electrons. The first-order valence-corrected chi connectivity index (χ1v) is 7.72. The van der Waals surface area contributed by atoms with Crippen LogP contribution in [0.4, 0.5) is 5.69 Å². The largest absolute Gasteiger partial charge is 0.380 e. The minimum Gasteiger partial charge on any atom is -0.380 e. The third kappa shape index (κ3) is 4.39. The van der Waals surface area contributed by atoms with Crippen LogP contribution in [0.3, 0.4) is 0 Å². The summed E-state index contributed by atoms with van der Waals surface area (Å²) >= 11 is 0. The molecule has 0 fully saturated rings. The van der Waals surface area contributed by atoms with Gasteiger partial charge in [-0.15, -0.1) is 0 Å². The Morgan fingerprint density at radius 3 is 2.58 bits per heavy atom. The van der Waals surface area contributed by atoms with Gasteiger partial charge in [0.15, 0.2) is 0 Å². The Labute approximate surface area is 140 Å². The van der Waals surface area contributed by atoms with Crippen molar-refractivity contribution in [1.82, 2.24) is 15.3 Å². The molecule has 0 radical (unpaired) electrons. The van der Waals surface area contributed by atoms with Gasteiger partial charge < -0.3 is 10.6 Å². The van der Waals surface area contributed by atoms with Crippen molar-refractivity contribution < 1.29 is 4.79 Å². The number of benzene rings is 1. The van der Waals surface area contributed by atoms with Gasteiger partial charge in [-0.2, -0.15) is 0 Å². The van der Waals surface area contributed by atoms with Crippen LogP contribution < -0.4 is 10.6 Å². The molecule has 0 aliphatic carbocycles. The highest BCUT2D eigenvalue weighted by Crippen LogP contribution is 2.10. The minimum absolute atomic E-state index is 0.170. The summed E-state index contributed by atoms with van der Waals surface area (Å²) < 4.78 is 0. The molecule has 5 nitrogen and oxygen atoms in total. The maximum atomic E-state index is 12.2. The zero-order valence-electron chi connectivity index (χ0n) is 13.1. The average Bonchev–Trinajstić information content (AvgIpc) is 2.66. The van der Waals surface area contributed by atoms with Gasteiger partial charge in [0.05, 0.1) is 23.5 Å². The summed E-state index contributed by atoms with van der Waals surface area (Å²) in [5.41, 5.74) is 3.31. The van der Waals surface area contributed by atoms with E-state index in [0.29, 0.717) is 18.7 Å². The number of carbonyl (C=O) groups is 1. The van der Waals surface area contributed by atoms with Gasteiger partial charge in [-0.25, -0.2) is 0 Å². The molecule has 2 aromatic heterocycles. The Morgan fingerprint density at radius 1 is 0.958 bits per heavy atom. The van der Waals surface area contributed by atoms with Crippen molar-refractivity contribution in [2.24, 2.45) is 0 Å². The van der Waals surface area contributed by atoms with Crippen molar-refractivity contribution in [2.45, 2.75) is 13.1 Å². The van der Waals surface area contributed by atoms with Crippen LogP contribution in [0.5, 0.6) is 0 Å². The summed E-state index contributed by atoms with van der Waals surface area (Å²) in [6, 6.07) is 17.5. The van der Waals surface area contributed by atoms with E-state index in [-0.39, 0.29) is 5.91 Å². The van der Waals surface area contributed by atoms with Gasteiger partial charge in [0, 0.05) is 25.1 Å². The zero-order valence-corrected chi connectivity index (χ0v) is 13.1. The molecule has 0 aliphatic rings. The third-order valence-corrected chi connectivity index (χ3v) is 3.50. The number of hydrogen-bond acceptors (Lipinski definition) is 4. The summed E-state index contributed by atoms with van der Waals surface area (Å²) in [5, 5.41) is 6.12. The lowest BCUT2D eigenvalue weighted by Gasteiger charge is -2.08. The van der Waals surface area contributed by atoms with Crippen molar-refractivity contribution in [3.8, 4) is 0 Å². The molecule has 0 spiro atoms. The molecule has 2 N–H and O–H groups in total. The van der Waals surface area contributed by atoms with E-state index in [1.165, 1.54) is 5.56 Å². The van der Waals surface area contributed by atoms with Crippen LogP contribution >= 0.6 is 0 Å². The monoisotopic (exact) mass is 318 g/mol. The fraction of sp³-hybridized carbons (Fsp3) is 0.105. The number of nitrogens with zero attached hydrogens (tertiary/aromatic N) is 2. The van der Waals surface area contributed by atoms with Gasteiger partial charge in [0.1, 0.15) is 0 Å². The van der Waals surface area contributed by atoms with Crippen LogP contribution in [-0.4, -0.2) is 15.9 Å². The Hall–Kier alpha value is -3.21. The van der Waals surface area contributed by atoms with E-state index < -0.39 is 0 Å². The van der Waals surface area contributed by atoms with Gasteiger partial charge in [0.25, 0.3) is 5.91 Å². The van der Waals surface area contributed by atoms with Gasteiger partial charge in [0.2, 0.25) is 0 Å². The first kappa shape index (κ1) is 15.7. The number of carbonyl (C=O) groups excluding carboxylic acids is 1. The highest BCUT2D eigenvalue weighted by Gasteiger charge is 2.07. The fourth-order valence-electron chi connectivity index (χ4n) is 2.24. The normalized spacial score (nSPS) is 10.2. The first-order valence-electron chi connectivity index (χ1n) is 7.72. The van der Waals surface area contributed by atoms with E-state index >= 15 is 0 Å². The molecule has 0 bridgehead atoms. The van der Waals surface area contributed by atoms with E-state index in [1.54, 1.807) is 24.7 Å². The Bertz CT molecular complexity index is 791. The van der Waals surface area contributed by atoms with Crippen LogP contribution in [0, 0.1) is 0 Å². The molecule has 1 amide bonds. The second-order valence-electron chi connectivity index (χ2n) is 5.31. The standard InChI is InChI=1S/C19H18N4O/c24-19(23-14-17-8-4-5-9-21-17)16-10-18(13-20-12-16)22-11-15-6-2-1-3-7-15/h1-10,12-13,22H,11,14H2,(H,23,24). The molecule has 0 atom stereocenters. The van der Waals surface area contributed by atoms with Crippen molar-refractivity contribution in [2.75, 3.05) is 5.32 Å². The molecule has 3 aromatic rings. The smallest absolute Gasteiger partial charge is 0.253 e. The summed E-state index contributed by atoms with van der Waals surface area (Å²) in [5.74, 6) is -0.170. The van der Waals surface area contributed by atoms with Gasteiger partial charge in [-0.3, -0.25) is 14.8 Å². The second kappa shape index (κ2) is 7.87. The molecule has 24 heavy (non-hydrogen) atoms. The van der Waals surface area contributed by atoms with Crippen LogP contribution in [0.2, 0.25) is 0 Å². The number of anilines is 1. The molecule has 0 saturated heterocycles. The van der Waals surface area contributed by atoms with Gasteiger partial charge in [-0.1, -0.05) is 36.4 Å². The predicted octanol–water partition coefficient (Wildman–Crippen LogP) is 3.02. The molecule has 0 saturated carbocycles. The minimum atomic E-state index is -0.170. The van der Waals surface area contributed by atoms with E-state index in [0.717, 1.165) is 11.4 Å². The van der Waals surface area contributed by atoms with E-state index in [2.05, 4.69) is 20.6 Å². The highest BCUT2D eigenvalue weighted by molar-refractivity contribution is 5.94. The maximum Gasteiger partial charge on any atom is 0.253 e. The summed E-state index contributed by atoms with van der Waals surface area (Å²) in [7, 11) is 0. The van der Waals surface area contributed by atoms with E-state index in [1.807, 2.05) is 48.5 Å². The van der Waals surface area contributed by atoms with Crippen LogP contribution in [0.25, 0.3) is 0 Å². The molecule has 0 aliphatic heterocycles. The number of nitrogens with one attached hydrogen (secondary N) is 2. The molecular weight excluding hydrogens is 300 g/mol. The summed E-state index contributed by atoms with van der Waals surface area (Å²) in [6.07, 6.45) is 4.97. The summed E-state index contributed by atoms with van der Waals surface area (Å²) in [4.78, 5) is 20.6. The second-order valence-corrected chi connectivity index (χ2v) is 5.31. The molecule has 0 unspecified atom stereocenters. The van der Waals surface area contributed by atoms with Gasteiger partial charge >= 0.3 is 0 Å². The molecular formula is C19H18N4O. The van der Waals surface area contributed by atoms with Crippen molar-refractivity contribution >= 4 is 11.6 Å². The molecule has 2 heterocycles. The number of pyridine rings is 2. The number of rotatable bonds is 6. The van der Waals surface area contributed by atoms with Crippen LogP contribution in [0.1, 0.15) is 21.6 Å². The summed E-state index contributed by atoms with van der Waals surface area (Å²) in [6.45, 7) is 1.07. The van der Waals surface area contributed by atoms with E-state index in [9.17, 15) is 4.79 Å². The Kier molecular flexibility index (Phi) is 5.14. The lowest BCUT2D eigenvalue weighted by Crippen LogP contribution is -2.23. The lowest BCUT2D eigenvalue weighted by molar-refractivity contribution is 0.0950. The number of amides is 1. The highest BCUT2D eigenvalue weighted by atomic mass is 16.1. The number of hydrogen-bond donors (Lipinski definition) is 2. The van der Waals surface area contributed by atoms with Gasteiger partial charge in [-0.05, 0) is 23.8 Å². The van der Waals surface area contributed by atoms with Crippen molar-refractivity contribution in [3.05, 3.63) is 90.0 Å². The first-order chi connectivity index (χ1) is 11.8. The molecule has 5 heteroatoms. The Morgan fingerprint density at radius 2 is 1.79 bits per heavy atom. The topological polar surface area (TPSA) is 66.9 Å². The SMILES string of the molecule is O=C(NCc1ccccn1)c1cncc(NCc2ccccc2)c1. The van der Waals surface area contributed by atoms with Crippen molar-refractivity contribution in [3.63, 3.8) is 0 Å². The average molecular weight is 318 g/mol. The third-order valence-electron chi connectivity index (χ3n) is 3.50. The van der Waals surface area contributed by atoms with Crippen LogP contribution in [-0.2, 0) is 13.1 Å². The quantitative estimate of drug-likeness (QED) is 0.733. The van der Waals surface area contributed by atoms with Crippen molar-refractivity contribution in [1.29, 1.82) is 0 Å². The molecule has 3 rings (SSSR count). The lowest BCUT2D eigenvalue weighted by atomic mass is 10.2. The van der Waals surface area contributed by atoms with E-state index in [4.69, 9.17) is 0 Å². The number of aromatic nitrogens is 2. The van der Waals surface area contributed by atoms with Crippen LogP contribution in [0.15, 0.2) is 73.2 Å². The maximum absolute atomic E-state index is 12.2. The molecule has 1 aromatic carbocycles.